The number of ether oxygens (including phenoxy) is 1. The van der Waals surface area contributed by atoms with Gasteiger partial charge in [0.15, 0.2) is 0 Å². The number of sulfonamides is 1. The van der Waals surface area contributed by atoms with Crippen LogP contribution < -0.4 is 9.04 Å². The number of benzene rings is 2. The van der Waals surface area contributed by atoms with Gasteiger partial charge < -0.3 is 4.74 Å². The smallest absolute Gasteiger partial charge is 0.264 e. The van der Waals surface area contributed by atoms with E-state index in [0.717, 1.165) is 0 Å². The molecule has 102 valence electrons. The molecule has 20 heavy (non-hydrogen) atoms. The largest absolute Gasteiger partial charge is 0.474 e. The summed E-state index contributed by atoms with van der Waals surface area (Å²) in [5.41, 5.74) is 0.501. The van der Waals surface area contributed by atoms with Crippen LogP contribution in [0.3, 0.4) is 0 Å². The molecule has 6 heteroatoms. The van der Waals surface area contributed by atoms with Gasteiger partial charge in [0.05, 0.1) is 17.1 Å². The Hall–Kier alpha value is -1.72. The summed E-state index contributed by atoms with van der Waals surface area (Å²) in [6, 6.07) is 13.0. The lowest BCUT2D eigenvalue weighted by molar-refractivity contribution is 0.392. The SMILES string of the molecule is O=S(=O)(c1ccc(Cl)cc1)N1C[C]Oc2ccccc21. The average Bonchev–Trinajstić information content (AvgIpc) is 2.47. The molecule has 0 aromatic heterocycles. The van der Waals surface area contributed by atoms with Gasteiger partial charge in [-0.05, 0) is 36.4 Å². The number of halogens is 1. The molecule has 0 unspecified atom stereocenters. The summed E-state index contributed by atoms with van der Waals surface area (Å²) < 4.78 is 31.8. The molecule has 4 nitrogen and oxygen atoms in total. The number of rotatable bonds is 2. The first-order valence-corrected chi connectivity index (χ1v) is 7.68. The van der Waals surface area contributed by atoms with Crippen molar-refractivity contribution in [1.82, 2.24) is 0 Å². The third-order valence-electron chi connectivity index (χ3n) is 2.93. The van der Waals surface area contributed by atoms with E-state index in [0.29, 0.717) is 16.5 Å². The first kappa shape index (κ1) is 13.3. The average molecular weight is 308 g/mol. The number of hydrogen-bond acceptors (Lipinski definition) is 3. The van der Waals surface area contributed by atoms with Crippen LogP contribution in [0.1, 0.15) is 0 Å². The van der Waals surface area contributed by atoms with Crippen LogP contribution >= 0.6 is 11.6 Å². The molecular formula is C14H10ClNO3S. The van der Waals surface area contributed by atoms with Gasteiger partial charge in [-0.25, -0.2) is 8.42 Å². The molecule has 0 saturated carbocycles. The van der Waals surface area contributed by atoms with E-state index in [4.69, 9.17) is 16.3 Å². The molecule has 2 radical (unpaired) electrons. The molecule has 0 bridgehead atoms. The van der Waals surface area contributed by atoms with E-state index in [9.17, 15) is 8.42 Å². The molecule has 0 spiro atoms. The lowest BCUT2D eigenvalue weighted by Crippen LogP contribution is -2.35. The van der Waals surface area contributed by atoms with Gasteiger partial charge in [-0.1, -0.05) is 23.7 Å². The van der Waals surface area contributed by atoms with Crippen molar-refractivity contribution in [2.75, 3.05) is 10.8 Å². The zero-order chi connectivity index (χ0) is 14.2. The Morgan fingerprint density at radius 1 is 1.10 bits per heavy atom. The van der Waals surface area contributed by atoms with Crippen LogP contribution in [0.25, 0.3) is 0 Å². The highest BCUT2D eigenvalue weighted by Crippen LogP contribution is 2.35. The van der Waals surface area contributed by atoms with Gasteiger partial charge >= 0.3 is 0 Å². The summed E-state index contributed by atoms with van der Waals surface area (Å²) in [5.74, 6) is 0.469. The van der Waals surface area contributed by atoms with Gasteiger partial charge in [-0.3, -0.25) is 4.31 Å². The Morgan fingerprint density at radius 3 is 2.55 bits per heavy atom. The van der Waals surface area contributed by atoms with Crippen LogP contribution in [0.2, 0.25) is 5.02 Å². The molecule has 2 aromatic rings. The third-order valence-corrected chi connectivity index (χ3v) is 4.95. The molecule has 3 rings (SSSR count). The fraction of sp³-hybridized carbons (Fsp3) is 0.0714. The maximum absolute atomic E-state index is 12.6. The first-order valence-electron chi connectivity index (χ1n) is 5.86. The van der Waals surface area contributed by atoms with Crippen molar-refractivity contribution in [3.8, 4) is 5.75 Å². The van der Waals surface area contributed by atoms with E-state index in [1.165, 1.54) is 16.4 Å². The molecule has 0 atom stereocenters. The van der Waals surface area contributed by atoms with Gasteiger partial charge in [0.1, 0.15) is 5.75 Å². The second kappa shape index (κ2) is 5.00. The summed E-state index contributed by atoms with van der Waals surface area (Å²) in [5, 5.41) is 0.490. The molecule has 0 saturated heterocycles. The van der Waals surface area contributed by atoms with E-state index in [-0.39, 0.29) is 11.4 Å². The number of anilines is 1. The molecule has 0 fully saturated rings. The topological polar surface area (TPSA) is 46.6 Å². The van der Waals surface area contributed by atoms with Crippen LogP contribution in [-0.4, -0.2) is 15.0 Å². The van der Waals surface area contributed by atoms with Crippen LogP contribution in [0.5, 0.6) is 5.75 Å². The van der Waals surface area contributed by atoms with Gasteiger partial charge in [0.25, 0.3) is 10.0 Å². The van der Waals surface area contributed by atoms with Crippen molar-refractivity contribution in [1.29, 1.82) is 0 Å². The Kier molecular flexibility index (Phi) is 3.31. The standard InChI is InChI=1S/C14H10ClNO3S/c15-11-5-7-12(8-6-11)20(17,18)16-9-10-19-14-4-2-1-3-13(14)16/h1-8H,9H2. The predicted octanol–water partition coefficient (Wildman–Crippen LogP) is 2.97. The molecule has 1 heterocycles. The summed E-state index contributed by atoms with van der Waals surface area (Å²) in [7, 11) is -3.66. The minimum absolute atomic E-state index is 0.0436. The summed E-state index contributed by atoms with van der Waals surface area (Å²) in [4.78, 5) is 0.181. The van der Waals surface area contributed by atoms with Crippen LogP contribution in [0, 0.1) is 6.61 Å². The van der Waals surface area contributed by atoms with Gasteiger partial charge in [0, 0.05) is 5.02 Å². The van der Waals surface area contributed by atoms with E-state index < -0.39 is 10.0 Å². The summed E-state index contributed by atoms with van der Waals surface area (Å²) in [6.07, 6.45) is 0. The highest BCUT2D eigenvalue weighted by Gasteiger charge is 2.30. The highest BCUT2D eigenvalue weighted by molar-refractivity contribution is 7.92. The minimum Gasteiger partial charge on any atom is -0.474 e. The number of hydrogen-bond donors (Lipinski definition) is 0. The van der Waals surface area contributed by atoms with Gasteiger partial charge in [-0.15, -0.1) is 0 Å². The molecular weight excluding hydrogens is 298 g/mol. The summed E-state index contributed by atoms with van der Waals surface area (Å²) >= 11 is 5.79. The Labute approximate surface area is 122 Å². The lowest BCUT2D eigenvalue weighted by Gasteiger charge is -2.29. The van der Waals surface area contributed by atoms with Gasteiger partial charge in [0.2, 0.25) is 6.61 Å². The van der Waals surface area contributed by atoms with Gasteiger partial charge in [-0.2, -0.15) is 0 Å². The van der Waals surface area contributed by atoms with E-state index in [1.54, 1.807) is 36.4 Å². The van der Waals surface area contributed by atoms with Crippen molar-refractivity contribution in [3.05, 3.63) is 60.2 Å². The zero-order valence-corrected chi connectivity index (χ0v) is 11.9. The lowest BCUT2D eigenvalue weighted by atomic mass is 10.2. The molecule has 1 aliphatic rings. The van der Waals surface area contributed by atoms with E-state index in [1.807, 2.05) is 0 Å². The van der Waals surface area contributed by atoms with Crippen molar-refractivity contribution in [2.45, 2.75) is 4.90 Å². The Balaban J connectivity index is 2.07. The van der Waals surface area contributed by atoms with E-state index in [2.05, 4.69) is 6.61 Å². The quantitative estimate of drug-likeness (QED) is 0.857. The van der Waals surface area contributed by atoms with Crippen molar-refractivity contribution >= 4 is 27.3 Å². The maximum atomic E-state index is 12.6. The molecule has 0 aliphatic carbocycles. The zero-order valence-electron chi connectivity index (χ0n) is 10.3. The maximum Gasteiger partial charge on any atom is 0.264 e. The van der Waals surface area contributed by atoms with Crippen molar-refractivity contribution in [3.63, 3.8) is 0 Å². The number of para-hydroxylation sites is 2. The summed E-state index contributed by atoms with van der Waals surface area (Å²) in [6.45, 7) is 2.64. The molecule has 1 aliphatic heterocycles. The second-order valence-electron chi connectivity index (χ2n) is 4.18. The number of fused-ring (bicyclic) bond motifs is 1. The highest BCUT2D eigenvalue weighted by atomic mass is 35.5. The Morgan fingerprint density at radius 2 is 1.80 bits per heavy atom. The Bertz CT molecular complexity index is 728. The second-order valence-corrected chi connectivity index (χ2v) is 6.48. The fourth-order valence-electron chi connectivity index (χ4n) is 1.95. The minimum atomic E-state index is -3.66. The van der Waals surface area contributed by atoms with Crippen LogP contribution in [-0.2, 0) is 10.0 Å². The van der Waals surface area contributed by atoms with Crippen molar-refractivity contribution in [2.24, 2.45) is 0 Å². The number of nitrogens with zero attached hydrogens (tertiary/aromatic N) is 1. The fourth-order valence-corrected chi connectivity index (χ4v) is 3.44. The normalized spacial score (nSPS) is 14.6. The third kappa shape index (κ3) is 2.23. The first-order chi connectivity index (χ1) is 9.59. The van der Waals surface area contributed by atoms with E-state index >= 15 is 0 Å². The molecule has 0 N–H and O–H groups in total. The molecule has 0 amide bonds. The van der Waals surface area contributed by atoms with Crippen molar-refractivity contribution < 1.29 is 13.2 Å². The monoisotopic (exact) mass is 307 g/mol. The van der Waals surface area contributed by atoms with Crippen LogP contribution in [0.15, 0.2) is 53.4 Å². The van der Waals surface area contributed by atoms with Crippen LogP contribution in [0.4, 0.5) is 5.69 Å². The predicted molar refractivity (Wildman–Crippen MR) is 76.3 cm³/mol. The molecule has 2 aromatic carbocycles.